The van der Waals surface area contributed by atoms with E-state index in [0.717, 1.165) is 11.5 Å². The van der Waals surface area contributed by atoms with Crippen molar-refractivity contribution in [1.29, 1.82) is 0 Å². The third-order valence-corrected chi connectivity index (χ3v) is 4.25. The van der Waals surface area contributed by atoms with Crippen LogP contribution >= 0.6 is 11.8 Å². The van der Waals surface area contributed by atoms with Crippen LogP contribution in [0.5, 0.6) is 5.75 Å². The molecule has 108 valence electrons. The van der Waals surface area contributed by atoms with Gasteiger partial charge in [0.2, 0.25) is 0 Å². The third-order valence-electron chi connectivity index (χ3n) is 3.21. The number of aromatic nitrogens is 2. The predicted octanol–water partition coefficient (Wildman–Crippen LogP) is 2.79. The quantitative estimate of drug-likeness (QED) is 0.831. The fraction of sp³-hybridized carbons (Fsp3) is 0.400. The Morgan fingerprint density at radius 3 is 2.85 bits per heavy atom. The van der Waals surface area contributed by atoms with Crippen LogP contribution in [0.3, 0.4) is 0 Å². The maximum atomic E-state index is 5.47. The van der Waals surface area contributed by atoms with Gasteiger partial charge in [0, 0.05) is 35.5 Å². The zero-order valence-corrected chi connectivity index (χ0v) is 13.2. The minimum atomic E-state index is 0.245. The van der Waals surface area contributed by atoms with Crippen molar-refractivity contribution in [2.45, 2.75) is 17.9 Å². The van der Waals surface area contributed by atoms with E-state index in [2.05, 4.69) is 29.5 Å². The molecule has 0 fully saturated rings. The fourth-order valence-electron chi connectivity index (χ4n) is 2.11. The van der Waals surface area contributed by atoms with E-state index >= 15 is 0 Å². The number of benzene rings is 1. The Hall–Kier alpha value is -1.46. The van der Waals surface area contributed by atoms with Gasteiger partial charge >= 0.3 is 0 Å². The molecule has 0 aliphatic rings. The van der Waals surface area contributed by atoms with Gasteiger partial charge in [-0.2, -0.15) is 5.10 Å². The number of methoxy groups -OCH3 is 1. The van der Waals surface area contributed by atoms with Gasteiger partial charge in [-0.15, -0.1) is 11.8 Å². The largest absolute Gasteiger partial charge is 0.496 e. The SMILES string of the molecule is CNC(CSc1cnn(C)c1)c1cc(C)ccc1OC. The average Bonchev–Trinajstić information content (AvgIpc) is 2.85. The molecule has 0 saturated heterocycles. The lowest BCUT2D eigenvalue weighted by atomic mass is 10.0. The lowest BCUT2D eigenvalue weighted by Gasteiger charge is -2.19. The van der Waals surface area contributed by atoms with Crippen LogP contribution in [0.15, 0.2) is 35.5 Å². The van der Waals surface area contributed by atoms with Gasteiger partial charge in [0.15, 0.2) is 0 Å². The van der Waals surface area contributed by atoms with Gasteiger partial charge in [0.1, 0.15) is 5.75 Å². The fourth-order valence-corrected chi connectivity index (χ4v) is 3.16. The normalized spacial score (nSPS) is 12.4. The molecule has 0 spiro atoms. The molecule has 1 atom stereocenters. The number of aryl methyl sites for hydroxylation is 2. The third kappa shape index (κ3) is 3.55. The summed E-state index contributed by atoms with van der Waals surface area (Å²) in [6, 6.07) is 6.53. The summed E-state index contributed by atoms with van der Waals surface area (Å²) in [5.74, 6) is 1.86. The molecule has 0 amide bonds. The Morgan fingerprint density at radius 2 is 2.25 bits per heavy atom. The molecular formula is C15H21N3OS. The van der Waals surface area contributed by atoms with Gasteiger partial charge in [-0.25, -0.2) is 0 Å². The molecule has 0 aliphatic heterocycles. The first-order chi connectivity index (χ1) is 9.63. The van der Waals surface area contributed by atoms with Crippen LogP contribution in [0, 0.1) is 6.92 Å². The lowest BCUT2D eigenvalue weighted by Crippen LogP contribution is -2.19. The lowest BCUT2D eigenvalue weighted by molar-refractivity contribution is 0.404. The van der Waals surface area contributed by atoms with E-state index in [1.165, 1.54) is 16.0 Å². The van der Waals surface area contributed by atoms with E-state index in [9.17, 15) is 0 Å². The number of hydrogen-bond donors (Lipinski definition) is 1. The minimum Gasteiger partial charge on any atom is -0.496 e. The number of nitrogens with one attached hydrogen (secondary N) is 1. The van der Waals surface area contributed by atoms with Crippen molar-refractivity contribution >= 4 is 11.8 Å². The molecule has 0 radical (unpaired) electrons. The van der Waals surface area contributed by atoms with Crippen molar-refractivity contribution in [3.63, 3.8) is 0 Å². The Labute approximate surface area is 124 Å². The van der Waals surface area contributed by atoms with E-state index < -0.39 is 0 Å². The molecule has 1 aromatic heterocycles. The van der Waals surface area contributed by atoms with Crippen LogP contribution in [0.4, 0.5) is 0 Å². The van der Waals surface area contributed by atoms with E-state index in [0.29, 0.717) is 0 Å². The van der Waals surface area contributed by atoms with Gasteiger partial charge < -0.3 is 10.1 Å². The summed E-state index contributed by atoms with van der Waals surface area (Å²) in [4.78, 5) is 1.18. The van der Waals surface area contributed by atoms with E-state index in [1.54, 1.807) is 18.9 Å². The van der Waals surface area contributed by atoms with Crippen LogP contribution in [-0.4, -0.2) is 29.7 Å². The summed E-state index contributed by atoms with van der Waals surface area (Å²) in [7, 11) is 5.63. The molecule has 2 rings (SSSR count). The summed E-state index contributed by atoms with van der Waals surface area (Å²) in [5, 5.41) is 7.56. The van der Waals surface area contributed by atoms with Crippen LogP contribution < -0.4 is 10.1 Å². The van der Waals surface area contributed by atoms with Crippen molar-refractivity contribution in [2.75, 3.05) is 19.9 Å². The summed E-state index contributed by atoms with van der Waals surface area (Å²) in [6.07, 6.45) is 3.93. The monoisotopic (exact) mass is 291 g/mol. The van der Waals surface area contributed by atoms with Gasteiger partial charge in [-0.3, -0.25) is 4.68 Å². The molecule has 4 nitrogen and oxygen atoms in total. The standard InChI is InChI=1S/C15H21N3OS/c1-11-5-6-15(19-4)13(7-11)14(16-2)10-20-12-8-17-18(3)9-12/h5-9,14,16H,10H2,1-4H3. The predicted molar refractivity (Wildman–Crippen MR) is 83.5 cm³/mol. The molecule has 0 saturated carbocycles. The highest BCUT2D eigenvalue weighted by Crippen LogP contribution is 2.30. The second-order valence-electron chi connectivity index (χ2n) is 4.75. The summed E-state index contributed by atoms with van der Waals surface area (Å²) < 4.78 is 7.30. The molecule has 0 aliphatic carbocycles. The number of nitrogens with zero attached hydrogens (tertiary/aromatic N) is 2. The highest BCUT2D eigenvalue weighted by molar-refractivity contribution is 7.99. The number of thioether (sulfide) groups is 1. The Bertz CT molecular complexity index is 568. The second kappa shape index (κ2) is 6.81. The molecular weight excluding hydrogens is 270 g/mol. The van der Waals surface area contributed by atoms with Crippen molar-refractivity contribution in [3.05, 3.63) is 41.7 Å². The molecule has 5 heteroatoms. The molecule has 2 aromatic rings. The first kappa shape index (κ1) is 14.9. The zero-order chi connectivity index (χ0) is 14.5. The van der Waals surface area contributed by atoms with E-state index in [1.807, 2.05) is 37.2 Å². The first-order valence-electron chi connectivity index (χ1n) is 6.57. The van der Waals surface area contributed by atoms with Crippen molar-refractivity contribution in [2.24, 2.45) is 7.05 Å². The van der Waals surface area contributed by atoms with Crippen molar-refractivity contribution in [3.8, 4) is 5.75 Å². The first-order valence-corrected chi connectivity index (χ1v) is 7.56. The van der Waals surface area contributed by atoms with Crippen LogP contribution in [0.1, 0.15) is 17.2 Å². The Kier molecular flexibility index (Phi) is 5.09. The maximum absolute atomic E-state index is 5.47. The maximum Gasteiger partial charge on any atom is 0.123 e. The van der Waals surface area contributed by atoms with Crippen molar-refractivity contribution in [1.82, 2.24) is 15.1 Å². The molecule has 20 heavy (non-hydrogen) atoms. The van der Waals surface area contributed by atoms with Crippen LogP contribution in [0.25, 0.3) is 0 Å². The number of rotatable bonds is 6. The molecule has 1 aromatic carbocycles. The molecule has 0 bridgehead atoms. The zero-order valence-electron chi connectivity index (χ0n) is 12.4. The van der Waals surface area contributed by atoms with Gasteiger partial charge in [0.05, 0.1) is 13.3 Å². The smallest absolute Gasteiger partial charge is 0.123 e. The summed E-state index contributed by atoms with van der Waals surface area (Å²) in [6.45, 7) is 2.10. The number of hydrogen-bond acceptors (Lipinski definition) is 4. The highest BCUT2D eigenvalue weighted by Gasteiger charge is 2.15. The van der Waals surface area contributed by atoms with Crippen LogP contribution in [-0.2, 0) is 7.05 Å². The Balaban J connectivity index is 2.13. The highest BCUT2D eigenvalue weighted by atomic mass is 32.2. The van der Waals surface area contributed by atoms with Gasteiger partial charge in [0.25, 0.3) is 0 Å². The van der Waals surface area contributed by atoms with Crippen molar-refractivity contribution < 1.29 is 4.74 Å². The van der Waals surface area contributed by atoms with Crippen LogP contribution in [0.2, 0.25) is 0 Å². The van der Waals surface area contributed by atoms with Gasteiger partial charge in [-0.1, -0.05) is 17.7 Å². The molecule has 1 N–H and O–H groups in total. The van der Waals surface area contributed by atoms with E-state index in [4.69, 9.17) is 4.74 Å². The second-order valence-corrected chi connectivity index (χ2v) is 5.84. The molecule has 1 heterocycles. The topological polar surface area (TPSA) is 39.1 Å². The number of ether oxygens (including phenoxy) is 1. The Morgan fingerprint density at radius 1 is 1.45 bits per heavy atom. The minimum absolute atomic E-state index is 0.245. The molecule has 1 unspecified atom stereocenters. The average molecular weight is 291 g/mol. The van der Waals surface area contributed by atoms with E-state index in [-0.39, 0.29) is 6.04 Å². The van der Waals surface area contributed by atoms with Gasteiger partial charge in [-0.05, 0) is 20.0 Å². The summed E-state index contributed by atoms with van der Waals surface area (Å²) in [5.41, 5.74) is 2.44. The summed E-state index contributed by atoms with van der Waals surface area (Å²) >= 11 is 1.79.